The van der Waals surface area contributed by atoms with Gasteiger partial charge in [-0.1, -0.05) is 57.2 Å². The van der Waals surface area contributed by atoms with E-state index in [4.69, 9.17) is 4.74 Å². The van der Waals surface area contributed by atoms with Gasteiger partial charge in [-0.05, 0) is 47.0 Å². The molecular formula is C24H26FNO2S. The van der Waals surface area contributed by atoms with Crippen molar-refractivity contribution >= 4 is 17.2 Å². The summed E-state index contributed by atoms with van der Waals surface area (Å²) in [6, 6.07) is 16.3. The molecule has 1 amide bonds. The molecule has 3 aromatic rings. The van der Waals surface area contributed by atoms with Crippen molar-refractivity contribution in [3.05, 3.63) is 87.4 Å². The minimum absolute atomic E-state index is 0.100. The molecule has 1 N–H and O–H groups in total. The largest absolute Gasteiger partial charge is 0.486 e. The second-order valence-corrected chi connectivity index (χ2v) is 9.02. The van der Waals surface area contributed by atoms with Gasteiger partial charge in [-0.15, -0.1) is 11.3 Å². The Balaban J connectivity index is 1.59. The van der Waals surface area contributed by atoms with Gasteiger partial charge >= 0.3 is 0 Å². The quantitative estimate of drug-likeness (QED) is 0.520. The first-order valence-electron chi connectivity index (χ1n) is 9.60. The number of amides is 1. The van der Waals surface area contributed by atoms with Crippen LogP contribution in [0, 0.1) is 5.82 Å². The molecule has 0 spiro atoms. The normalized spacial score (nSPS) is 12.4. The second kappa shape index (κ2) is 8.78. The zero-order valence-corrected chi connectivity index (χ0v) is 18.0. The Morgan fingerprint density at radius 1 is 1.14 bits per heavy atom. The van der Waals surface area contributed by atoms with Crippen LogP contribution in [0.2, 0.25) is 0 Å². The Labute approximate surface area is 175 Å². The third-order valence-electron chi connectivity index (χ3n) is 4.73. The molecule has 0 aliphatic carbocycles. The molecule has 1 atom stereocenters. The Morgan fingerprint density at radius 2 is 1.83 bits per heavy atom. The zero-order chi connectivity index (χ0) is 21.0. The lowest BCUT2D eigenvalue weighted by molar-refractivity contribution is 0.0944. The highest BCUT2D eigenvalue weighted by atomic mass is 32.1. The third-order valence-corrected chi connectivity index (χ3v) is 5.71. The van der Waals surface area contributed by atoms with Crippen LogP contribution in [0.3, 0.4) is 0 Å². The summed E-state index contributed by atoms with van der Waals surface area (Å²) in [7, 11) is 0. The Kier molecular flexibility index (Phi) is 6.38. The van der Waals surface area contributed by atoms with Crippen LogP contribution in [0.1, 0.15) is 60.1 Å². The van der Waals surface area contributed by atoms with Gasteiger partial charge in [0.05, 0.1) is 10.9 Å². The molecule has 152 valence electrons. The van der Waals surface area contributed by atoms with E-state index >= 15 is 0 Å². The number of hydrogen-bond acceptors (Lipinski definition) is 3. The molecule has 0 fully saturated rings. The van der Waals surface area contributed by atoms with Crippen molar-refractivity contribution in [2.45, 2.75) is 45.8 Å². The van der Waals surface area contributed by atoms with Crippen LogP contribution in [0.5, 0.6) is 5.75 Å². The molecule has 1 unspecified atom stereocenters. The van der Waals surface area contributed by atoms with Crippen molar-refractivity contribution in [1.82, 2.24) is 5.32 Å². The summed E-state index contributed by atoms with van der Waals surface area (Å²) in [4.78, 5) is 13.2. The Hall–Kier alpha value is -2.66. The average molecular weight is 412 g/mol. The first-order chi connectivity index (χ1) is 13.7. The summed E-state index contributed by atoms with van der Waals surface area (Å²) in [6.07, 6.45) is 0. The summed E-state index contributed by atoms with van der Waals surface area (Å²) in [5.41, 5.74) is 3.26. The molecule has 3 rings (SSSR count). The van der Waals surface area contributed by atoms with Gasteiger partial charge in [0, 0.05) is 5.56 Å². The molecule has 29 heavy (non-hydrogen) atoms. The van der Waals surface area contributed by atoms with Gasteiger partial charge < -0.3 is 10.1 Å². The number of thiophene rings is 1. The highest BCUT2D eigenvalue weighted by molar-refractivity contribution is 7.12. The fraction of sp³-hybridized carbons (Fsp3) is 0.292. The van der Waals surface area contributed by atoms with E-state index in [0.717, 1.165) is 11.1 Å². The van der Waals surface area contributed by atoms with Crippen molar-refractivity contribution in [3.63, 3.8) is 0 Å². The van der Waals surface area contributed by atoms with E-state index in [1.807, 2.05) is 12.3 Å². The molecule has 0 aliphatic heterocycles. The molecule has 0 saturated carbocycles. The monoisotopic (exact) mass is 411 g/mol. The van der Waals surface area contributed by atoms with Gasteiger partial charge in [-0.25, -0.2) is 4.39 Å². The van der Waals surface area contributed by atoms with Gasteiger partial charge in [-0.2, -0.15) is 0 Å². The van der Waals surface area contributed by atoms with Crippen LogP contribution < -0.4 is 10.1 Å². The minimum Gasteiger partial charge on any atom is -0.486 e. The number of halogens is 1. The summed E-state index contributed by atoms with van der Waals surface area (Å²) in [5.74, 6) is -0.316. The predicted octanol–water partition coefficient (Wildman–Crippen LogP) is 6.25. The number of hydrogen-bond donors (Lipinski definition) is 1. The molecule has 3 nitrogen and oxygen atoms in total. The maximum atomic E-state index is 13.6. The molecule has 0 bridgehead atoms. The summed E-state index contributed by atoms with van der Waals surface area (Å²) in [6.45, 7) is 8.72. The molecule has 0 aliphatic rings. The van der Waals surface area contributed by atoms with E-state index in [-0.39, 0.29) is 29.7 Å². The third kappa shape index (κ3) is 5.45. The highest BCUT2D eigenvalue weighted by Crippen LogP contribution is 2.25. The van der Waals surface area contributed by atoms with E-state index in [1.165, 1.54) is 23.0 Å². The molecular weight excluding hydrogens is 385 g/mol. The number of rotatable bonds is 6. The smallest absolute Gasteiger partial charge is 0.261 e. The van der Waals surface area contributed by atoms with E-state index in [0.29, 0.717) is 4.88 Å². The van der Waals surface area contributed by atoms with Crippen LogP contribution in [-0.4, -0.2) is 5.91 Å². The lowest BCUT2D eigenvalue weighted by Crippen LogP contribution is -2.26. The number of ether oxygens (including phenoxy) is 1. The van der Waals surface area contributed by atoms with Crippen molar-refractivity contribution < 1.29 is 13.9 Å². The molecule has 1 heterocycles. The van der Waals surface area contributed by atoms with Crippen LogP contribution >= 0.6 is 11.3 Å². The van der Waals surface area contributed by atoms with Crippen LogP contribution in [0.4, 0.5) is 4.39 Å². The lowest BCUT2D eigenvalue weighted by atomic mass is 9.86. The topological polar surface area (TPSA) is 38.3 Å². The van der Waals surface area contributed by atoms with Gasteiger partial charge in [-0.3, -0.25) is 4.79 Å². The summed E-state index contributed by atoms with van der Waals surface area (Å²) < 4.78 is 19.1. The average Bonchev–Trinajstić information content (AvgIpc) is 3.16. The SMILES string of the molecule is CC(NC(=O)c1cc(COc2ccccc2F)cs1)c1ccc(C(C)(C)C)cc1. The summed E-state index contributed by atoms with van der Waals surface area (Å²) in [5, 5.41) is 4.90. The van der Waals surface area contributed by atoms with Gasteiger partial charge in [0.25, 0.3) is 5.91 Å². The molecule has 0 radical (unpaired) electrons. The van der Waals surface area contributed by atoms with Gasteiger partial charge in [0.15, 0.2) is 11.6 Å². The van der Waals surface area contributed by atoms with Crippen molar-refractivity contribution in [3.8, 4) is 5.75 Å². The first kappa shape index (κ1) is 21.1. The van der Waals surface area contributed by atoms with Crippen molar-refractivity contribution in [2.24, 2.45) is 0 Å². The fourth-order valence-corrected chi connectivity index (χ4v) is 3.72. The van der Waals surface area contributed by atoms with E-state index < -0.39 is 5.82 Å². The Bertz CT molecular complexity index is 973. The maximum Gasteiger partial charge on any atom is 0.261 e. The van der Waals surface area contributed by atoms with Crippen LogP contribution in [-0.2, 0) is 12.0 Å². The zero-order valence-electron chi connectivity index (χ0n) is 17.2. The fourth-order valence-electron chi connectivity index (χ4n) is 2.92. The first-order valence-corrected chi connectivity index (χ1v) is 10.5. The lowest BCUT2D eigenvalue weighted by Gasteiger charge is -2.20. The van der Waals surface area contributed by atoms with Crippen LogP contribution in [0.25, 0.3) is 0 Å². The van der Waals surface area contributed by atoms with E-state index in [1.54, 1.807) is 24.3 Å². The number of para-hydroxylation sites is 1. The highest BCUT2D eigenvalue weighted by Gasteiger charge is 2.16. The number of carbonyl (C=O) groups excluding carboxylic acids is 1. The summed E-state index contributed by atoms with van der Waals surface area (Å²) >= 11 is 1.35. The molecule has 1 aromatic heterocycles. The molecule has 0 saturated heterocycles. The second-order valence-electron chi connectivity index (χ2n) is 8.11. The van der Waals surface area contributed by atoms with Gasteiger partial charge in [0.1, 0.15) is 6.61 Å². The van der Waals surface area contributed by atoms with Crippen molar-refractivity contribution in [2.75, 3.05) is 0 Å². The van der Waals surface area contributed by atoms with E-state index in [2.05, 4.69) is 50.4 Å². The standard InChI is InChI=1S/C24H26FNO2S/c1-16(18-9-11-19(12-10-18)24(2,3)4)26-23(27)22-13-17(15-29-22)14-28-21-8-6-5-7-20(21)25/h5-13,15-16H,14H2,1-4H3,(H,26,27). The maximum absolute atomic E-state index is 13.6. The van der Waals surface area contributed by atoms with E-state index in [9.17, 15) is 9.18 Å². The van der Waals surface area contributed by atoms with Gasteiger partial charge in [0.2, 0.25) is 0 Å². The number of carbonyl (C=O) groups is 1. The molecule has 5 heteroatoms. The van der Waals surface area contributed by atoms with Crippen LogP contribution in [0.15, 0.2) is 60.0 Å². The predicted molar refractivity (Wildman–Crippen MR) is 116 cm³/mol. The molecule has 2 aromatic carbocycles. The van der Waals surface area contributed by atoms with Crippen molar-refractivity contribution in [1.29, 1.82) is 0 Å². The Morgan fingerprint density at radius 3 is 2.48 bits per heavy atom. The number of benzene rings is 2. The number of nitrogens with one attached hydrogen (secondary N) is 1. The minimum atomic E-state index is -0.396.